The van der Waals surface area contributed by atoms with E-state index in [2.05, 4.69) is 24.8 Å². The SMILES string of the molecule is CCN(C(C)C#N)C(C)COC. The Labute approximate surface area is 74.9 Å². The highest BCUT2D eigenvalue weighted by molar-refractivity contribution is 4.89. The topological polar surface area (TPSA) is 36.3 Å². The summed E-state index contributed by atoms with van der Waals surface area (Å²) in [5.41, 5.74) is 0. The van der Waals surface area contributed by atoms with Crippen LogP contribution >= 0.6 is 0 Å². The van der Waals surface area contributed by atoms with E-state index in [1.807, 2.05) is 6.92 Å². The molecule has 0 saturated carbocycles. The Morgan fingerprint density at radius 3 is 2.42 bits per heavy atom. The minimum absolute atomic E-state index is 0.0276. The van der Waals surface area contributed by atoms with Crippen molar-refractivity contribution in [1.29, 1.82) is 5.26 Å². The van der Waals surface area contributed by atoms with Crippen molar-refractivity contribution in [3.05, 3.63) is 0 Å². The van der Waals surface area contributed by atoms with Gasteiger partial charge in [-0.05, 0) is 20.4 Å². The average Bonchev–Trinajstić information content (AvgIpc) is 2.06. The number of nitriles is 1. The Kier molecular flexibility index (Phi) is 5.69. The van der Waals surface area contributed by atoms with Crippen LogP contribution in [-0.4, -0.2) is 37.2 Å². The van der Waals surface area contributed by atoms with Crippen LogP contribution in [-0.2, 0) is 4.74 Å². The van der Waals surface area contributed by atoms with E-state index in [0.29, 0.717) is 12.6 Å². The second kappa shape index (κ2) is 5.99. The van der Waals surface area contributed by atoms with Gasteiger partial charge in [0.15, 0.2) is 0 Å². The van der Waals surface area contributed by atoms with E-state index in [0.717, 1.165) is 6.54 Å². The maximum absolute atomic E-state index is 8.72. The molecule has 0 rings (SSSR count). The summed E-state index contributed by atoms with van der Waals surface area (Å²) in [4.78, 5) is 2.11. The van der Waals surface area contributed by atoms with E-state index >= 15 is 0 Å². The van der Waals surface area contributed by atoms with Gasteiger partial charge in [-0.2, -0.15) is 5.26 Å². The monoisotopic (exact) mass is 170 g/mol. The van der Waals surface area contributed by atoms with Crippen LogP contribution in [0, 0.1) is 11.3 Å². The lowest BCUT2D eigenvalue weighted by molar-refractivity contribution is 0.0921. The van der Waals surface area contributed by atoms with Crippen molar-refractivity contribution in [3.63, 3.8) is 0 Å². The molecule has 70 valence electrons. The normalized spacial score (nSPS) is 15.7. The Bertz CT molecular complexity index is 153. The number of hydrogen-bond donors (Lipinski definition) is 0. The van der Waals surface area contributed by atoms with Gasteiger partial charge in [0.2, 0.25) is 0 Å². The van der Waals surface area contributed by atoms with Gasteiger partial charge in [0.25, 0.3) is 0 Å². The number of nitrogens with zero attached hydrogens (tertiary/aromatic N) is 2. The smallest absolute Gasteiger partial charge is 0.0952 e. The second-order valence-corrected chi connectivity index (χ2v) is 2.94. The summed E-state index contributed by atoms with van der Waals surface area (Å²) >= 11 is 0. The first-order chi connectivity index (χ1) is 5.67. The van der Waals surface area contributed by atoms with E-state index in [9.17, 15) is 0 Å². The molecule has 2 unspecified atom stereocenters. The van der Waals surface area contributed by atoms with Gasteiger partial charge in [-0.1, -0.05) is 6.92 Å². The van der Waals surface area contributed by atoms with Crippen LogP contribution in [0.15, 0.2) is 0 Å². The molecule has 0 heterocycles. The predicted molar refractivity (Wildman–Crippen MR) is 48.8 cm³/mol. The molecule has 0 aromatic carbocycles. The van der Waals surface area contributed by atoms with Crippen molar-refractivity contribution in [3.8, 4) is 6.07 Å². The first-order valence-corrected chi connectivity index (χ1v) is 4.31. The van der Waals surface area contributed by atoms with Crippen molar-refractivity contribution in [2.75, 3.05) is 20.3 Å². The summed E-state index contributed by atoms with van der Waals surface area (Å²) < 4.78 is 5.03. The molecule has 3 nitrogen and oxygen atoms in total. The van der Waals surface area contributed by atoms with Crippen LogP contribution in [0.25, 0.3) is 0 Å². The third-order valence-corrected chi connectivity index (χ3v) is 2.02. The third kappa shape index (κ3) is 3.21. The van der Waals surface area contributed by atoms with Gasteiger partial charge in [0.1, 0.15) is 0 Å². The van der Waals surface area contributed by atoms with Gasteiger partial charge in [-0.25, -0.2) is 0 Å². The van der Waals surface area contributed by atoms with Gasteiger partial charge < -0.3 is 4.74 Å². The molecule has 0 fully saturated rings. The minimum Gasteiger partial charge on any atom is -0.383 e. The molecular formula is C9H18N2O. The summed E-state index contributed by atoms with van der Waals surface area (Å²) in [6.07, 6.45) is 0. The van der Waals surface area contributed by atoms with Crippen LogP contribution in [0.5, 0.6) is 0 Å². The van der Waals surface area contributed by atoms with E-state index in [1.165, 1.54) is 0 Å². The highest BCUT2D eigenvalue weighted by Crippen LogP contribution is 2.04. The van der Waals surface area contributed by atoms with Crippen molar-refractivity contribution >= 4 is 0 Å². The molecule has 0 aliphatic rings. The van der Waals surface area contributed by atoms with E-state index in [4.69, 9.17) is 10.00 Å². The minimum atomic E-state index is -0.0276. The van der Waals surface area contributed by atoms with Crippen LogP contribution in [0.1, 0.15) is 20.8 Å². The largest absolute Gasteiger partial charge is 0.383 e. The first kappa shape index (κ1) is 11.4. The zero-order chi connectivity index (χ0) is 9.56. The molecule has 12 heavy (non-hydrogen) atoms. The van der Waals surface area contributed by atoms with Gasteiger partial charge in [-0.3, -0.25) is 4.90 Å². The van der Waals surface area contributed by atoms with Crippen molar-refractivity contribution < 1.29 is 4.74 Å². The van der Waals surface area contributed by atoms with Gasteiger partial charge in [0.05, 0.1) is 18.7 Å². The molecule has 0 aromatic rings. The summed E-state index contributed by atoms with van der Waals surface area (Å²) in [7, 11) is 1.68. The lowest BCUT2D eigenvalue weighted by Crippen LogP contribution is -2.41. The average molecular weight is 170 g/mol. The fourth-order valence-corrected chi connectivity index (χ4v) is 1.38. The molecule has 0 amide bonds. The molecule has 0 saturated heterocycles. The van der Waals surface area contributed by atoms with Crippen LogP contribution in [0.2, 0.25) is 0 Å². The zero-order valence-corrected chi connectivity index (χ0v) is 8.37. The van der Waals surface area contributed by atoms with Crippen LogP contribution in [0.3, 0.4) is 0 Å². The molecule has 0 N–H and O–H groups in total. The molecular weight excluding hydrogens is 152 g/mol. The van der Waals surface area contributed by atoms with Gasteiger partial charge in [0, 0.05) is 13.2 Å². The Balaban J connectivity index is 4.05. The molecule has 0 aliphatic carbocycles. The second-order valence-electron chi connectivity index (χ2n) is 2.94. The third-order valence-electron chi connectivity index (χ3n) is 2.02. The molecule has 3 heteroatoms. The van der Waals surface area contributed by atoms with Gasteiger partial charge in [-0.15, -0.1) is 0 Å². The Morgan fingerprint density at radius 2 is 2.08 bits per heavy atom. The first-order valence-electron chi connectivity index (χ1n) is 4.31. The quantitative estimate of drug-likeness (QED) is 0.623. The Hall–Kier alpha value is -0.590. The van der Waals surface area contributed by atoms with Gasteiger partial charge >= 0.3 is 0 Å². The number of ether oxygens (including phenoxy) is 1. The summed E-state index contributed by atoms with van der Waals surface area (Å²) in [6.45, 7) is 7.61. The maximum Gasteiger partial charge on any atom is 0.0952 e. The number of rotatable bonds is 5. The highest BCUT2D eigenvalue weighted by Gasteiger charge is 2.17. The summed E-state index contributed by atoms with van der Waals surface area (Å²) in [6, 6.07) is 2.51. The standard InChI is InChI=1S/C9H18N2O/c1-5-11(8(2)6-10)9(3)7-12-4/h8-9H,5,7H2,1-4H3. The van der Waals surface area contributed by atoms with Crippen LogP contribution in [0.4, 0.5) is 0 Å². The molecule has 2 atom stereocenters. The van der Waals surface area contributed by atoms with E-state index < -0.39 is 0 Å². The lowest BCUT2D eigenvalue weighted by atomic mass is 10.2. The fraction of sp³-hybridized carbons (Fsp3) is 0.889. The highest BCUT2D eigenvalue weighted by atomic mass is 16.5. The number of hydrogen-bond acceptors (Lipinski definition) is 3. The summed E-state index contributed by atoms with van der Waals surface area (Å²) in [5.74, 6) is 0. The maximum atomic E-state index is 8.72. The van der Waals surface area contributed by atoms with E-state index in [1.54, 1.807) is 7.11 Å². The number of methoxy groups -OCH3 is 1. The lowest BCUT2D eigenvalue weighted by Gasteiger charge is -2.29. The Morgan fingerprint density at radius 1 is 1.50 bits per heavy atom. The molecule has 0 aliphatic heterocycles. The van der Waals surface area contributed by atoms with Crippen molar-refractivity contribution in [1.82, 2.24) is 4.90 Å². The summed E-state index contributed by atoms with van der Waals surface area (Å²) in [5, 5.41) is 8.72. The number of likely N-dealkylation sites (N-methyl/N-ethyl adjacent to an activating group) is 1. The molecule has 0 aromatic heterocycles. The zero-order valence-electron chi connectivity index (χ0n) is 8.37. The predicted octanol–water partition coefficient (Wildman–Crippen LogP) is 1.26. The molecule has 0 spiro atoms. The fourth-order valence-electron chi connectivity index (χ4n) is 1.38. The molecule has 0 radical (unpaired) electrons. The van der Waals surface area contributed by atoms with Crippen molar-refractivity contribution in [2.45, 2.75) is 32.9 Å². The molecule has 0 bridgehead atoms. The van der Waals surface area contributed by atoms with E-state index in [-0.39, 0.29) is 6.04 Å². The van der Waals surface area contributed by atoms with Crippen LogP contribution < -0.4 is 0 Å². The van der Waals surface area contributed by atoms with Crippen molar-refractivity contribution in [2.24, 2.45) is 0 Å².